The van der Waals surface area contributed by atoms with Gasteiger partial charge >= 0.3 is 147 Å². The molecule has 0 unspecified atom stereocenters. The maximum absolute atomic E-state index is 9.59. The summed E-state index contributed by atoms with van der Waals surface area (Å²) in [6.07, 6.45) is 4.38. The molecule has 0 saturated heterocycles. The first kappa shape index (κ1) is 17.2. The van der Waals surface area contributed by atoms with E-state index in [1.807, 2.05) is 42.7 Å². The van der Waals surface area contributed by atoms with E-state index < -0.39 is 21.6 Å². The predicted molar refractivity (Wildman–Crippen MR) is 94.4 cm³/mol. The Morgan fingerprint density at radius 1 is 1.41 bits per heavy atom. The topological polar surface area (TPSA) is 45.4 Å². The molecule has 5 heteroatoms. The fourth-order valence-corrected chi connectivity index (χ4v) is 5.08. The molecule has 2 radical (unpaired) electrons. The second kappa shape index (κ2) is 9.06. The van der Waals surface area contributed by atoms with Crippen LogP contribution >= 0.6 is 11.8 Å². The molecule has 3 nitrogen and oxygen atoms in total. The van der Waals surface area contributed by atoms with E-state index in [4.69, 9.17) is 3.17 Å². The number of nitrogens with zero attached hydrogens (tertiary/aromatic N) is 2. The molecule has 0 saturated carbocycles. The number of aryl methyl sites for hydroxylation is 1. The Hall–Kier alpha value is -1.19. The minimum absolute atomic E-state index is 0.667. The first-order valence-electron chi connectivity index (χ1n) is 7.28. The molecule has 1 aromatic carbocycles. The molecule has 1 aliphatic rings. The molecule has 1 aliphatic heterocycles. The predicted octanol–water partition coefficient (Wildman–Crippen LogP) is 4.70. The van der Waals surface area contributed by atoms with Crippen molar-refractivity contribution in [3.05, 3.63) is 52.4 Å². The zero-order valence-electron chi connectivity index (χ0n) is 12.8. The Kier molecular flexibility index (Phi) is 7.07. The average molecular weight is 417 g/mol. The molecular weight excluding hydrogens is 399 g/mol. The molecule has 0 fully saturated rings. The van der Waals surface area contributed by atoms with Crippen LogP contribution in [0, 0.1) is 18.3 Å². The van der Waals surface area contributed by atoms with Crippen LogP contribution in [-0.4, -0.2) is 26.6 Å². The van der Waals surface area contributed by atoms with Gasteiger partial charge in [-0.25, -0.2) is 0 Å². The number of hydrogen-bond donors (Lipinski definition) is 0. The van der Waals surface area contributed by atoms with Gasteiger partial charge in [-0.05, 0) is 0 Å². The quantitative estimate of drug-likeness (QED) is 0.292. The van der Waals surface area contributed by atoms with Crippen molar-refractivity contribution in [3.8, 4) is 6.07 Å². The van der Waals surface area contributed by atoms with Crippen LogP contribution in [0.5, 0.6) is 0 Å². The third-order valence-corrected chi connectivity index (χ3v) is 6.28. The van der Waals surface area contributed by atoms with Gasteiger partial charge in [0.05, 0.1) is 0 Å². The Bertz CT molecular complexity index is 659. The van der Waals surface area contributed by atoms with Gasteiger partial charge in [0.15, 0.2) is 0 Å². The minimum atomic E-state index is -0.864. The summed E-state index contributed by atoms with van der Waals surface area (Å²) in [6.45, 7) is 4.20. The second-order valence-electron chi connectivity index (χ2n) is 4.87. The number of unbranched alkanes of at least 4 members (excludes halogenated alkanes) is 1. The van der Waals surface area contributed by atoms with Gasteiger partial charge in [0.25, 0.3) is 0 Å². The molecule has 0 aromatic heterocycles. The Morgan fingerprint density at radius 3 is 2.95 bits per heavy atom. The summed E-state index contributed by atoms with van der Waals surface area (Å²) in [6, 6.07) is 10.3. The van der Waals surface area contributed by atoms with Crippen molar-refractivity contribution in [2.75, 3.05) is 0 Å². The molecule has 0 amide bonds. The van der Waals surface area contributed by atoms with Gasteiger partial charge in [0.2, 0.25) is 0 Å². The molecule has 1 heterocycles. The van der Waals surface area contributed by atoms with Crippen LogP contribution in [-0.2, 0) is 3.17 Å². The summed E-state index contributed by atoms with van der Waals surface area (Å²) >= 11 is 0.658. The third kappa shape index (κ3) is 4.40. The van der Waals surface area contributed by atoms with Crippen LogP contribution in [0.2, 0.25) is 4.44 Å². The monoisotopic (exact) mass is 418 g/mol. The zero-order valence-corrected chi connectivity index (χ0v) is 16.5. The number of benzene rings is 1. The average Bonchev–Trinajstić information content (AvgIpc) is 2.98. The van der Waals surface area contributed by atoms with Crippen molar-refractivity contribution in [1.82, 2.24) is 0 Å². The van der Waals surface area contributed by atoms with Crippen molar-refractivity contribution in [3.63, 3.8) is 0 Å². The zero-order chi connectivity index (χ0) is 15.8. The molecule has 22 heavy (non-hydrogen) atoms. The molecule has 1 aromatic rings. The summed E-state index contributed by atoms with van der Waals surface area (Å²) in [5, 5.41) is 16.6. The van der Waals surface area contributed by atoms with Crippen LogP contribution in [0.25, 0.3) is 5.57 Å². The number of rotatable bonds is 6. The van der Waals surface area contributed by atoms with Crippen LogP contribution in [0.4, 0.5) is 0 Å². The molecule has 0 atom stereocenters. The third-order valence-electron chi connectivity index (χ3n) is 3.27. The fraction of sp³-hybridized carbons (Fsp3) is 0.294. The second-order valence-corrected chi connectivity index (χ2v) is 8.54. The Morgan fingerprint density at radius 2 is 2.23 bits per heavy atom. The van der Waals surface area contributed by atoms with Crippen molar-refractivity contribution < 1.29 is 3.17 Å². The van der Waals surface area contributed by atoms with Gasteiger partial charge < -0.3 is 0 Å². The number of nitriles is 1. The van der Waals surface area contributed by atoms with E-state index in [0.29, 0.717) is 5.57 Å². The number of hydrogen-bond acceptors (Lipinski definition) is 4. The Balaban J connectivity index is 2.23. The molecule has 0 N–H and O–H groups in total. The first-order valence-corrected chi connectivity index (χ1v) is 11.3. The van der Waals surface area contributed by atoms with E-state index in [2.05, 4.69) is 18.1 Å². The van der Waals surface area contributed by atoms with E-state index in [-0.39, 0.29) is 0 Å². The SMILES string of the molecule is CCC[CH2][Sn][O]/N=C1\SC=C\C1=C(\C#N)c1ccccc1C. The standard InChI is InChI=1S/C13H10N2OS.C4H9.Sn/c1-9-4-2-3-5-10(9)12(8-14)11-6-7-17-13(11)15-16;1-3-4-2;/h2-7,16H,1H3;1,3-4H2,2H3;/q;;+1/p-1/b12-11+,15-13-;;. The van der Waals surface area contributed by atoms with Crippen LogP contribution < -0.4 is 0 Å². The maximum atomic E-state index is 9.59. The van der Waals surface area contributed by atoms with E-state index in [0.717, 1.165) is 21.7 Å². The number of allylic oxidation sites excluding steroid dienone is 2. The van der Waals surface area contributed by atoms with Gasteiger partial charge in [-0.1, -0.05) is 0 Å². The van der Waals surface area contributed by atoms with E-state index in [1.165, 1.54) is 29.0 Å². The normalized spacial score (nSPS) is 17.6. The van der Waals surface area contributed by atoms with Crippen LogP contribution in [0.15, 0.2) is 46.5 Å². The van der Waals surface area contributed by atoms with Gasteiger partial charge in [-0.3, -0.25) is 0 Å². The first-order chi connectivity index (χ1) is 10.8. The van der Waals surface area contributed by atoms with E-state index in [1.54, 1.807) is 0 Å². The molecule has 0 spiro atoms. The molecule has 2 rings (SSSR count). The number of oxime groups is 1. The van der Waals surface area contributed by atoms with Gasteiger partial charge in [-0.2, -0.15) is 0 Å². The van der Waals surface area contributed by atoms with Crippen molar-refractivity contribution >= 4 is 43.9 Å². The summed E-state index contributed by atoms with van der Waals surface area (Å²) in [5.74, 6) is 0. The van der Waals surface area contributed by atoms with Gasteiger partial charge in [-0.15, -0.1) is 0 Å². The molecule has 0 aliphatic carbocycles. The summed E-state index contributed by atoms with van der Waals surface area (Å²) in [4.78, 5) is 0. The number of thioether (sulfide) groups is 1. The fourth-order valence-electron chi connectivity index (χ4n) is 2.05. The van der Waals surface area contributed by atoms with Crippen molar-refractivity contribution in [2.45, 2.75) is 31.1 Å². The molecular formula is C17H18N2OSSn. The van der Waals surface area contributed by atoms with Crippen LogP contribution in [0.1, 0.15) is 30.9 Å². The summed E-state index contributed by atoms with van der Waals surface area (Å²) in [5.41, 5.74) is 3.60. The van der Waals surface area contributed by atoms with E-state index in [9.17, 15) is 5.26 Å². The van der Waals surface area contributed by atoms with Crippen molar-refractivity contribution in [1.29, 1.82) is 5.26 Å². The Labute approximate surface area is 146 Å². The van der Waals surface area contributed by atoms with Crippen molar-refractivity contribution in [2.24, 2.45) is 5.16 Å². The van der Waals surface area contributed by atoms with Crippen LogP contribution in [0.3, 0.4) is 0 Å². The summed E-state index contributed by atoms with van der Waals surface area (Å²) < 4.78 is 6.74. The van der Waals surface area contributed by atoms with Gasteiger partial charge in [0, 0.05) is 0 Å². The molecule has 112 valence electrons. The summed E-state index contributed by atoms with van der Waals surface area (Å²) in [7, 11) is 0. The van der Waals surface area contributed by atoms with Gasteiger partial charge in [0.1, 0.15) is 0 Å². The molecule has 0 bridgehead atoms. The van der Waals surface area contributed by atoms with E-state index >= 15 is 0 Å².